The van der Waals surface area contributed by atoms with Crippen molar-refractivity contribution < 1.29 is 29.0 Å². The van der Waals surface area contributed by atoms with E-state index in [-0.39, 0.29) is 0 Å². The topological polar surface area (TPSA) is 125 Å². The van der Waals surface area contributed by atoms with Crippen molar-refractivity contribution in [3.8, 4) is 0 Å². The summed E-state index contributed by atoms with van der Waals surface area (Å²) in [5, 5.41) is 12.8. The first-order chi connectivity index (χ1) is 16.5. The number of carboxylic acid groups (broad SMARTS) is 1. The molecule has 10 heteroatoms. The summed E-state index contributed by atoms with van der Waals surface area (Å²) in [4.78, 5) is 52.1. The average Bonchev–Trinajstić information content (AvgIpc) is 3.18. The number of urea groups is 1. The van der Waals surface area contributed by atoms with Gasteiger partial charge in [-0.05, 0) is 51.0 Å². The van der Waals surface area contributed by atoms with Gasteiger partial charge in [-0.1, -0.05) is 42.5 Å². The highest BCUT2D eigenvalue weighted by Crippen LogP contribution is 2.45. The standard InChI is InChI=1S/C25H29N3O6S/c1-15-9-8-12-17(13-15)27-24(33)26-14-18(29)28-19(16-10-6-5-7-11-16)20(22(30)31)35-21(28)23(32)34-25(2,3)4/h5-13,19-21H,14H2,1-4H3,(H,30,31)(H2,26,27,33)/t19-,20+,21-/m0/s1. The van der Waals surface area contributed by atoms with Crippen LogP contribution >= 0.6 is 11.8 Å². The van der Waals surface area contributed by atoms with Gasteiger partial charge in [-0.15, -0.1) is 11.8 Å². The van der Waals surface area contributed by atoms with E-state index >= 15 is 0 Å². The highest BCUT2D eigenvalue weighted by Gasteiger charge is 2.52. The number of hydrogen-bond donors (Lipinski definition) is 3. The zero-order valence-corrected chi connectivity index (χ0v) is 20.8. The molecule has 9 nitrogen and oxygen atoms in total. The van der Waals surface area contributed by atoms with Gasteiger partial charge in [0.1, 0.15) is 10.9 Å². The van der Waals surface area contributed by atoms with Gasteiger partial charge in [0.15, 0.2) is 5.37 Å². The Bertz CT molecular complexity index is 1100. The van der Waals surface area contributed by atoms with Crippen molar-refractivity contribution >= 4 is 41.3 Å². The van der Waals surface area contributed by atoms with Gasteiger partial charge in [0.2, 0.25) is 5.91 Å². The summed E-state index contributed by atoms with van der Waals surface area (Å²) in [6, 6.07) is 14.3. The smallest absolute Gasteiger partial charge is 0.340 e. The van der Waals surface area contributed by atoms with Gasteiger partial charge in [0.25, 0.3) is 0 Å². The first kappa shape index (κ1) is 26.1. The number of carbonyl (C=O) groups is 4. The van der Waals surface area contributed by atoms with E-state index in [2.05, 4.69) is 10.6 Å². The normalized spacial score (nSPS) is 19.7. The molecule has 3 rings (SSSR count). The molecule has 3 amide bonds. The number of carboxylic acids is 1. The minimum atomic E-state index is -1.19. The molecule has 2 aromatic carbocycles. The van der Waals surface area contributed by atoms with E-state index in [9.17, 15) is 24.3 Å². The fraction of sp³-hybridized carbons (Fsp3) is 0.360. The lowest BCUT2D eigenvalue weighted by Gasteiger charge is -2.31. The first-order valence-corrected chi connectivity index (χ1v) is 12.0. The molecule has 0 unspecified atom stereocenters. The zero-order chi connectivity index (χ0) is 25.8. The van der Waals surface area contributed by atoms with Crippen LogP contribution in [0.25, 0.3) is 0 Å². The van der Waals surface area contributed by atoms with Gasteiger partial charge in [-0.25, -0.2) is 9.59 Å². The monoisotopic (exact) mass is 499 g/mol. The lowest BCUT2D eigenvalue weighted by Crippen LogP contribution is -2.48. The molecule has 0 saturated carbocycles. The van der Waals surface area contributed by atoms with Crippen molar-refractivity contribution in [1.82, 2.24) is 10.2 Å². The minimum Gasteiger partial charge on any atom is -0.480 e. The van der Waals surface area contributed by atoms with Gasteiger partial charge < -0.3 is 25.4 Å². The number of esters is 1. The van der Waals surface area contributed by atoms with Crippen LogP contribution in [0.3, 0.4) is 0 Å². The van der Waals surface area contributed by atoms with Crippen molar-refractivity contribution in [2.24, 2.45) is 0 Å². The molecule has 0 aromatic heterocycles. The SMILES string of the molecule is Cc1cccc(NC(=O)NCC(=O)N2[C@H](C(=O)OC(C)(C)C)S[C@@H](C(=O)O)[C@@H]2c2ccccc2)c1. The van der Waals surface area contributed by atoms with E-state index in [1.165, 1.54) is 4.90 Å². The summed E-state index contributed by atoms with van der Waals surface area (Å²) in [5.41, 5.74) is 1.25. The fourth-order valence-electron chi connectivity index (χ4n) is 3.70. The molecule has 1 saturated heterocycles. The largest absolute Gasteiger partial charge is 0.480 e. The van der Waals surface area contributed by atoms with E-state index in [4.69, 9.17) is 4.74 Å². The maximum Gasteiger partial charge on any atom is 0.340 e. The molecular formula is C25H29N3O6S. The van der Waals surface area contributed by atoms with Crippen molar-refractivity contribution in [3.05, 3.63) is 65.7 Å². The van der Waals surface area contributed by atoms with Gasteiger partial charge in [0.05, 0.1) is 12.6 Å². The quantitative estimate of drug-likeness (QED) is 0.519. The Labute approximate surface area is 208 Å². The van der Waals surface area contributed by atoms with Gasteiger partial charge in [0, 0.05) is 5.69 Å². The number of ether oxygens (including phenoxy) is 1. The van der Waals surface area contributed by atoms with Crippen LogP contribution in [-0.2, 0) is 19.1 Å². The number of nitrogens with zero attached hydrogens (tertiary/aromatic N) is 1. The summed E-state index contributed by atoms with van der Waals surface area (Å²) in [6.07, 6.45) is 0. The van der Waals surface area contributed by atoms with Crippen molar-refractivity contribution in [1.29, 1.82) is 0 Å². The number of rotatable bonds is 6. The van der Waals surface area contributed by atoms with Crippen LogP contribution in [0.4, 0.5) is 10.5 Å². The highest BCUT2D eigenvalue weighted by atomic mass is 32.2. The Balaban J connectivity index is 1.84. The van der Waals surface area contributed by atoms with Crippen LogP contribution in [0.15, 0.2) is 54.6 Å². The minimum absolute atomic E-state index is 0.437. The second kappa shape index (κ2) is 10.8. The number of aryl methyl sites for hydroxylation is 1. The Morgan fingerprint density at radius 1 is 1.06 bits per heavy atom. The number of aliphatic carboxylic acids is 1. The zero-order valence-electron chi connectivity index (χ0n) is 20.0. The van der Waals surface area contributed by atoms with Crippen LogP contribution in [0.1, 0.15) is 37.9 Å². The molecule has 1 heterocycles. The molecule has 1 aliphatic heterocycles. The summed E-state index contributed by atoms with van der Waals surface area (Å²) < 4.78 is 5.48. The maximum atomic E-state index is 13.4. The second-order valence-corrected chi connectivity index (χ2v) is 10.3. The van der Waals surface area contributed by atoms with E-state index in [0.717, 1.165) is 17.3 Å². The molecule has 0 spiro atoms. The Morgan fingerprint density at radius 2 is 1.74 bits per heavy atom. The molecule has 186 valence electrons. The van der Waals surface area contributed by atoms with Crippen LogP contribution in [-0.4, -0.2) is 56.7 Å². The number of amides is 3. The van der Waals surface area contributed by atoms with E-state index in [1.54, 1.807) is 69.3 Å². The summed E-state index contributed by atoms with van der Waals surface area (Å²) >= 11 is 0.848. The highest BCUT2D eigenvalue weighted by molar-refractivity contribution is 8.02. The number of thioether (sulfide) groups is 1. The van der Waals surface area contributed by atoms with Crippen LogP contribution in [0, 0.1) is 6.92 Å². The third-order valence-corrected chi connectivity index (χ3v) is 6.50. The molecule has 1 fully saturated rings. The predicted octanol–water partition coefficient (Wildman–Crippen LogP) is 3.55. The molecule has 35 heavy (non-hydrogen) atoms. The maximum absolute atomic E-state index is 13.4. The lowest BCUT2D eigenvalue weighted by atomic mass is 10.0. The van der Waals surface area contributed by atoms with Gasteiger partial charge >= 0.3 is 18.0 Å². The summed E-state index contributed by atoms with van der Waals surface area (Å²) in [5.74, 6) is -2.48. The number of hydrogen-bond acceptors (Lipinski definition) is 6. The molecule has 2 aromatic rings. The van der Waals surface area contributed by atoms with Crippen LogP contribution < -0.4 is 10.6 Å². The second-order valence-electron chi connectivity index (χ2n) is 9.11. The summed E-state index contributed by atoms with van der Waals surface area (Å²) in [6.45, 7) is 6.52. The predicted molar refractivity (Wildman–Crippen MR) is 133 cm³/mol. The molecule has 3 N–H and O–H groups in total. The Kier molecular flexibility index (Phi) is 8.06. The number of nitrogens with one attached hydrogen (secondary N) is 2. The first-order valence-electron chi connectivity index (χ1n) is 11.0. The molecule has 0 bridgehead atoms. The van der Waals surface area contributed by atoms with E-state index in [1.807, 2.05) is 13.0 Å². The van der Waals surface area contributed by atoms with E-state index in [0.29, 0.717) is 11.3 Å². The van der Waals surface area contributed by atoms with E-state index < -0.39 is 52.7 Å². The lowest BCUT2D eigenvalue weighted by molar-refractivity contribution is -0.161. The number of anilines is 1. The molecule has 0 radical (unpaired) electrons. The van der Waals surface area contributed by atoms with Gasteiger partial charge in [-0.2, -0.15) is 0 Å². The molecule has 3 atom stereocenters. The van der Waals surface area contributed by atoms with Crippen LogP contribution in [0.5, 0.6) is 0 Å². The molecular weight excluding hydrogens is 470 g/mol. The van der Waals surface area contributed by atoms with Crippen LogP contribution in [0.2, 0.25) is 0 Å². The Hall–Kier alpha value is -3.53. The number of carbonyl (C=O) groups excluding carboxylic acids is 3. The third kappa shape index (κ3) is 6.75. The average molecular weight is 500 g/mol. The number of benzene rings is 2. The van der Waals surface area contributed by atoms with Crippen molar-refractivity contribution in [2.45, 2.75) is 50.0 Å². The molecule has 1 aliphatic rings. The van der Waals surface area contributed by atoms with Crippen molar-refractivity contribution in [2.75, 3.05) is 11.9 Å². The Morgan fingerprint density at radius 3 is 2.34 bits per heavy atom. The van der Waals surface area contributed by atoms with Crippen molar-refractivity contribution in [3.63, 3.8) is 0 Å². The third-order valence-electron chi connectivity index (χ3n) is 5.07. The summed E-state index contributed by atoms with van der Waals surface area (Å²) in [7, 11) is 0. The fourth-order valence-corrected chi connectivity index (χ4v) is 5.07. The van der Waals surface area contributed by atoms with Gasteiger partial charge in [-0.3, -0.25) is 9.59 Å². The molecule has 0 aliphatic carbocycles.